The van der Waals surface area contributed by atoms with Gasteiger partial charge in [0.2, 0.25) is 5.91 Å². The number of amides is 2. The Morgan fingerprint density at radius 3 is 2.55 bits per heavy atom. The highest BCUT2D eigenvalue weighted by Gasteiger charge is 2.16. The standard InChI is InChI=1S/C21H20Cl2N4O4/c1-2-27-21(30)15-7-4-3-6-14(15)19(26-27)20(29)25-24-18(28)8-5-11-31-17-10-9-13(22)12-16(17)23/h3-4,6-7,9-10,12H,2,5,8,11H2,1H3,(H,24,28)(H,25,29). The highest BCUT2D eigenvalue weighted by molar-refractivity contribution is 6.35. The lowest BCUT2D eigenvalue weighted by atomic mass is 10.1. The Bertz CT molecular complexity index is 1180. The molecule has 0 saturated carbocycles. The summed E-state index contributed by atoms with van der Waals surface area (Å²) < 4.78 is 6.73. The first-order valence-electron chi connectivity index (χ1n) is 9.57. The van der Waals surface area contributed by atoms with E-state index in [9.17, 15) is 14.4 Å². The lowest BCUT2D eigenvalue weighted by molar-refractivity contribution is -0.122. The van der Waals surface area contributed by atoms with Crippen LogP contribution < -0.4 is 21.1 Å². The Labute approximate surface area is 188 Å². The number of aryl methyl sites for hydroxylation is 1. The van der Waals surface area contributed by atoms with Gasteiger partial charge in [-0.05, 0) is 37.6 Å². The van der Waals surface area contributed by atoms with Crippen LogP contribution in [0.3, 0.4) is 0 Å². The molecule has 162 valence electrons. The summed E-state index contributed by atoms with van der Waals surface area (Å²) in [7, 11) is 0. The van der Waals surface area contributed by atoms with Crippen LogP contribution in [0, 0.1) is 0 Å². The molecular weight excluding hydrogens is 443 g/mol. The maximum absolute atomic E-state index is 12.6. The van der Waals surface area contributed by atoms with Crippen molar-refractivity contribution in [2.75, 3.05) is 6.61 Å². The molecule has 0 saturated heterocycles. The maximum Gasteiger partial charge on any atom is 0.290 e. The van der Waals surface area contributed by atoms with Gasteiger partial charge in [0, 0.05) is 23.4 Å². The second kappa shape index (κ2) is 10.3. The molecule has 3 aromatic rings. The molecule has 1 aromatic heterocycles. The minimum Gasteiger partial charge on any atom is -0.492 e. The van der Waals surface area contributed by atoms with Crippen molar-refractivity contribution in [2.45, 2.75) is 26.3 Å². The van der Waals surface area contributed by atoms with E-state index in [1.165, 1.54) is 4.68 Å². The van der Waals surface area contributed by atoms with Crippen molar-refractivity contribution < 1.29 is 14.3 Å². The number of hydrazine groups is 1. The molecule has 0 aliphatic rings. The summed E-state index contributed by atoms with van der Waals surface area (Å²) in [6, 6.07) is 11.6. The van der Waals surface area contributed by atoms with Crippen molar-refractivity contribution in [2.24, 2.45) is 0 Å². The Hall–Kier alpha value is -3.10. The first-order chi connectivity index (χ1) is 14.9. The molecule has 0 spiro atoms. The number of benzene rings is 2. The van der Waals surface area contributed by atoms with Crippen LogP contribution in [0.25, 0.3) is 10.8 Å². The number of halogens is 2. The fourth-order valence-electron chi connectivity index (χ4n) is 2.87. The molecule has 2 aromatic carbocycles. The monoisotopic (exact) mass is 462 g/mol. The summed E-state index contributed by atoms with van der Waals surface area (Å²) in [4.78, 5) is 37.0. The number of fused-ring (bicyclic) bond motifs is 1. The zero-order chi connectivity index (χ0) is 22.4. The molecule has 0 aliphatic heterocycles. The van der Waals surface area contributed by atoms with Crippen LogP contribution in [0.2, 0.25) is 10.0 Å². The van der Waals surface area contributed by atoms with E-state index in [1.54, 1.807) is 49.4 Å². The molecule has 10 heteroatoms. The SMILES string of the molecule is CCn1nc(C(=O)NNC(=O)CCCOc2ccc(Cl)cc2Cl)c2ccccc2c1=O. The lowest BCUT2D eigenvalue weighted by Gasteiger charge is -2.11. The molecular formula is C21H20Cl2N4O4. The number of rotatable bonds is 7. The summed E-state index contributed by atoms with van der Waals surface area (Å²) in [6.07, 6.45) is 0.524. The lowest BCUT2D eigenvalue weighted by Crippen LogP contribution is -2.42. The van der Waals surface area contributed by atoms with Gasteiger partial charge in [0.25, 0.3) is 11.5 Å². The number of hydrogen-bond donors (Lipinski definition) is 2. The van der Waals surface area contributed by atoms with Gasteiger partial charge in [-0.2, -0.15) is 5.10 Å². The van der Waals surface area contributed by atoms with Crippen LogP contribution in [-0.2, 0) is 11.3 Å². The van der Waals surface area contributed by atoms with E-state index in [4.69, 9.17) is 27.9 Å². The molecule has 31 heavy (non-hydrogen) atoms. The largest absolute Gasteiger partial charge is 0.492 e. The first-order valence-corrected chi connectivity index (χ1v) is 10.3. The molecule has 2 amide bonds. The van der Waals surface area contributed by atoms with Crippen molar-refractivity contribution in [3.63, 3.8) is 0 Å². The maximum atomic E-state index is 12.6. The zero-order valence-corrected chi connectivity index (χ0v) is 18.2. The van der Waals surface area contributed by atoms with E-state index < -0.39 is 11.8 Å². The molecule has 0 bridgehead atoms. The number of nitrogens with zero attached hydrogens (tertiary/aromatic N) is 2. The van der Waals surface area contributed by atoms with Crippen molar-refractivity contribution >= 4 is 45.8 Å². The van der Waals surface area contributed by atoms with Crippen molar-refractivity contribution in [3.05, 3.63) is 68.6 Å². The predicted octanol–water partition coefficient (Wildman–Crippen LogP) is 3.34. The van der Waals surface area contributed by atoms with Crippen molar-refractivity contribution in [1.82, 2.24) is 20.6 Å². The number of carbonyl (C=O) groups excluding carboxylic acids is 2. The molecule has 3 rings (SSSR count). The Morgan fingerprint density at radius 2 is 1.84 bits per heavy atom. The summed E-state index contributed by atoms with van der Waals surface area (Å²) >= 11 is 11.9. The summed E-state index contributed by atoms with van der Waals surface area (Å²) in [5, 5.41) is 5.81. The Morgan fingerprint density at radius 1 is 1.10 bits per heavy atom. The third kappa shape index (κ3) is 5.53. The minimum absolute atomic E-state index is 0.0538. The Balaban J connectivity index is 1.54. The van der Waals surface area contributed by atoms with Crippen LogP contribution in [0.15, 0.2) is 47.3 Å². The first kappa shape index (κ1) is 22.6. The predicted molar refractivity (Wildman–Crippen MR) is 118 cm³/mol. The second-order valence-corrected chi connectivity index (χ2v) is 7.39. The average Bonchev–Trinajstić information content (AvgIpc) is 2.76. The van der Waals surface area contributed by atoms with Gasteiger partial charge in [-0.3, -0.25) is 25.2 Å². The number of aromatic nitrogens is 2. The van der Waals surface area contributed by atoms with E-state index in [0.29, 0.717) is 39.5 Å². The van der Waals surface area contributed by atoms with Crippen LogP contribution >= 0.6 is 23.2 Å². The molecule has 0 unspecified atom stereocenters. The van der Waals surface area contributed by atoms with Gasteiger partial charge in [0.15, 0.2) is 5.69 Å². The number of carbonyl (C=O) groups is 2. The van der Waals surface area contributed by atoms with E-state index >= 15 is 0 Å². The van der Waals surface area contributed by atoms with E-state index in [2.05, 4.69) is 16.0 Å². The highest BCUT2D eigenvalue weighted by atomic mass is 35.5. The van der Waals surface area contributed by atoms with Gasteiger partial charge in [-0.1, -0.05) is 41.4 Å². The quantitative estimate of drug-likeness (QED) is 0.414. The number of hydrogen-bond acceptors (Lipinski definition) is 5. The minimum atomic E-state index is -0.615. The van der Waals surface area contributed by atoms with Gasteiger partial charge in [0.05, 0.1) is 17.0 Å². The van der Waals surface area contributed by atoms with Crippen molar-refractivity contribution in [3.8, 4) is 5.75 Å². The second-order valence-electron chi connectivity index (χ2n) is 6.54. The fraction of sp³-hybridized carbons (Fsp3) is 0.238. The molecule has 2 N–H and O–H groups in total. The van der Waals surface area contributed by atoms with Gasteiger partial charge in [-0.15, -0.1) is 0 Å². The smallest absolute Gasteiger partial charge is 0.290 e. The van der Waals surface area contributed by atoms with Gasteiger partial charge in [-0.25, -0.2) is 4.68 Å². The summed E-state index contributed by atoms with van der Waals surface area (Å²) in [5.74, 6) is -0.535. The summed E-state index contributed by atoms with van der Waals surface area (Å²) in [5.41, 5.74) is 4.47. The molecule has 0 atom stereocenters. The topological polar surface area (TPSA) is 102 Å². The normalized spacial score (nSPS) is 10.7. The third-order valence-corrected chi connectivity index (χ3v) is 4.93. The molecule has 0 fully saturated rings. The van der Waals surface area contributed by atoms with Crippen LogP contribution in [0.5, 0.6) is 5.75 Å². The number of nitrogens with one attached hydrogen (secondary N) is 2. The van der Waals surface area contributed by atoms with Gasteiger partial charge in [0.1, 0.15) is 5.75 Å². The van der Waals surface area contributed by atoms with Gasteiger partial charge < -0.3 is 4.74 Å². The third-order valence-electron chi connectivity index (χ3n) is 4.40. The molecule has 8 nitrogen and oxygen atoms in total. The molecule has 0 aliphatic carbocycles. The summed E-state index contributed by atoms with van der Waals surface area (Å²) in [6.45, 7) is 2.33. The number of ether oxygens (including phenoxy) is 1. The van der Waals surface area contributed by atoms with Crippen LogP contribution in [0.1, 0.15) is 30.3 Å². The van der Waals surface area contributed by atoms with E-state index in [0.717, 1.165) is 0 Å². The zero-order valence-electron chi connectivity index (χ0n) is 16.7. The Kier molecular flexibility index (Phi) is 7.49. The molecule has 1 heterocycles. The van der Waals surface area contributed by atoms with Crippen LogP contribution in [0.4, 0.5) is 0 Å². The van der Waals surface area contributed by atoms with Gasteiger partial charge >= 0.3 is 0 Å². The van der Waals surface area contributed by atoms with E-state index in [-0.39, 0.29) is 24.3 Å². The molecule has 0 radical (unpaired) electrons. The van der Waals surface area contributed by atoms with Crippen molar-refractivity contribution in [1.29, 1.82) is 0 Å². The fourth-order valence-corrected chi connectivity index (χ4v) is 3.34. The van der Waals surface area contributed by atoms with E-state index in [1.807, 2.05) is 0 Å². The van der Waals surface area contributed by atoms with Crippen LogP contribution in [-0.4, -0.2) is 28.2 Å². The highest BCUT2D eigenvalue weighted by Crippen LogP contribution is 2.27. The average molecular weight is 463 g/mol.